The number of nitriles is 1. The highest BCUT2D eigenvalue weighted by Gasteiger charge is 2.02. The van der Waals surface area contributed by atoms with Crippen LogP contribution in [0.3, 0.4) is 0 Å². The molecule has 0 bridgehead atoms. The highest BCUT2D eigenvalue weighted by Crippen LogP contribution is 2.15. The van der Waals surface area contributed by atoms with Crippen LogP contribution in [0.2, 0.25) is 5.15 Å². The van der Waals surface area contributed by atoms with Gasteiger partial charge in [-0.3, -0.25) is 4.98 Å². The number of halogens is 1. The van der Waals surface area contributed by atoms with E-state index in [1.54, 1.807) is 12.3 Å². The summed E-state index contributed by atoms with van der Waals surface area (Å²) in [7, 11) is 0. The second-order valence-corrected chi connectivity index (χ2v) is 4.18. The Morgan fingerprint density at radius 1 is 1.44 bits per heavy atom. The van der Waals surface area contributed by atoms with Gasteiger partial charge in [0.25, 0.3) is 0 Å². The van der Waals surface area contributed by atoms with Crippen LogP contribution in [0.4, 0.5) is 5.82 Å². The number of aryl methyl sites for hydroxylation is 1. The third-order valence-electron chi connectivity index (χ3n) is 2.48. The molecule has 0 unspecified atom stereocenters. The smallest absolute Gasteiger partial charge is 0.132 e. The monoisotopic (exact) mass is 258 g/mol. The maximum Gasteiger partial charge on any atom is 0.132 e. The molecule has 0 saturated carbocycles. The molecule has 0 aromatic carbocycles. The number of hydrogen-bond acceptors (Lipinski definition) is 4. The lowest BCUT2D eigenvalue weighted by atomic mass is 10.2. The summed E-state index contributed by atoms with van der Waals surface area (Å²) >= 11 is 5.82. The summed E-state index contributed by atoms with van der Waals surface area (Å²) in [5.41, 5.74) is 2.53. The largest absolute Gasteiger partial charge is 0.364 e. The van der Waals surface area contributed by atoms with E-state index in [0.717, 1.165) is 11.3 Å². The van der Waals surface area contributed by atoms with Crippen LogP contribution in [-0.4, -0.2) is 9.97 Å². The number of pyridine rings is 2. The van der Waals surface area contributed by atoms with Gasteiger partial charge in [-0.1, -0.05) is 17.7 Å². The van der Waals surface area contributed by atoms with E-state index < -0.39 is 0 Å². The van der Waals surface area contributed by atoms with Crippen molar-refractivity contribution in [2.75, 3.05) is 5.32 Å². The van der Waals surface area contributed by atoms with Crippen molar-refractivity contribution in [3.05, 3.63) is 52.4 Å². The van der Waals surface area contributed by atoms with Gasteiger partial charge in [0.05, 0.1) is 23.9 Å². The minimum absolute atomic E-state index is 0.300. The first-order valence-corrected chi connectivity index (χ1v) is 5.79. The average molecular weight is 259 g/mol. The van der Waals surface area contributed by atoms with Crippen molar-refractivity contribution in [1.82, 2.24) is 9.97 Å². The first kappa shape index (κ1) is 12.3. The van der Waals surface area contributed by atoms with E-state index in [-0.39, 0.29) is 0 Å². The molecule has 2 heterocycles. The van der Waals surface area contributed by atoms with E-state index in [1.807, 2.05) is 25.1 Å². The maximum absolute atomic E-state index is 8.84. The molecule has 90 valence electrons. The van der Waals surface area contributed by atoms with Gasteiger partial charge in [-0.25, -0.2) is 4.98 Å². The number of rotatable bonds is 3. The lowest BCUT2D eigenvalue weighted by molar-refractivity contribution is 1.00. The summed E-state index contributed by atoms with van der Waals surface area (Å²) in [6, 6.07) is 9.11. The highest BCUT2D eigenvalue weighted by molar-refractivity contribution is 6.29. The number of anilines is 1. The molecule has 0 aliphatic heterocycles. The van der Waals surface area contributed by atoms with Gasteiger partial charge in [0.15, 0.2) is 0 Å². The number of hydrogen-bond donors (Lipinski definition) is 1. The van der Waals surface area contributed by atoms with Crippen molar-refractivity contribution in [1.29, 1.82) is 5.26 Å². The van der Waals surface area contributed by atoms with Gasteiger partial charge in [-0.05, 0) is 30.7 Å². The third-order valence-corrected chi connectivity index (χ3v) is 2.67. The summed E-state index contributed by atoms with van der Waals surface area (Å²) in [5.74, 6) is 0.573. The Morgan fingerprint density at radius 3 is 3.00 bits per heavy atom. The molecule has 5 heteroatoms. The van der Waals surface area contributed by atoms with Gasteiger partial charge < -0.3 is 5.32 Å². The SMILES string of the molecule is Cc1cccnc1CNc1cc(C#N)cc(Cl)n1. The Kier molecular flexibility index (Phi) is 3.75. The fourth-order valence-corrected chi connectivity index (χ4v) is 1.74. The first-order chi connectivity index (χ1) is 8.69. The molecular weight excluding hydrogens is 248 g/mol. The second-order valence-electron chi connectivity index (χ2n) is 3.80. The van der Waals surface area contributed by atoms with Gasteiger partial charge in [-0.2, -0.15) is 5.26 Å². The molecule has 0 radical (unpaired) electrons. The van der Waals surface area contributed by atoms with Crippen LogP contribution in [0.5, 0.6) is 0 Å². The number of nitrogens with zero attached hydrogens (tertiary/aromatic N) is 3. The van der Waals surface area contributed by atoms with Gasteiger partial charge in [0.1, 0.15) is 11.0 Å². The van der Waals surface area contributed by atoms with E-state index in [2.05, 4.69) is 15.3 Å². The van der Waals surface area contributed by atoms with E-state index >= 15 is 0 Å². The molecule has 2 aromatic rings. The lowest BCUT2D eigenvalue weighted by Crippen LogP contribution is -2.05. The molecule has 0 aliphatic rings. The Balaban J connectivity index is 2.14. The number of aromatic nitrogens is 2. The fraction of sp³-hybridized carbons (Fsp3) is 0.154. The van der Waals surface area contributed by atoms with Crippen LogP contribution in [0.15, 0.2) is 30.5 Å². The Bertz CT molecular complexity index is 604. The molecule has 18 heavy (non-hydrogen) atoms. The molecule has 2 aromatic heterocycles. The Hall–Kier alpha value is -2.12. The van der Waals surface area contributed by atoms with Gasteiger partial charge in [-0.15, -0.1) is 0 Å². The molecule has 0 fully saturated rings. The molecule has 0 atom stereocenters. The highest BCUT2D eigenvalue weighted by atomic mass is 35.5. The molecule has 2 rings (SSSR count). The van der Waals surface area contributed by atoms with E-state index in [1.165, 1.54) is 6.07 Å². The first-order valence-electron chi connectivity index (χ1n) is 5.41. The van der Waals surface area contributed by atoms with Gasteiger partial charge in [0.2, 0.25) is 0 Å². The standard InChI is InChI=1S/C13H11ClN4/c1-9-3-2-4-16-11(9)8-17-13-6-10(7-15)5-12(14)18-13/h2-6H,8H2,1H3,(H,17,18). The summed E-state index contributed by atoms with van der Waals surface area (Å²) < 4.78 is 0. The lowest BCUT2D eigenvalue weighted by Gasteiger charge is -2.07. The van der Waals surface area contributed by atoms with Gasteiger partial charge >= 0.3 is 0 Å². The van der Waals surface area contributed by atoms with Gasteiger partial charge in [0, 0.05) is 6.20 Å². The van der Waals surface area contributed by atoms with Crippen LogP contribution < -0.4 is 5.32 Å². The predicted molar refractivity (Wildman–Crippen MR) is 70.3 cm³/mol. The second kappa shape index (κ2) is 5.48. The van der Waals surface area contributed by atoms with Crippen LogP contribution in [0.1, 0.15) is 16.8 Å². The van der Waals surface area contributed by atoms with E-state index in [0.29, 0.717) is 23.1 Å². The molecule has 0 spiro atoms. The quantitative estimate of drug-likeness (QED) is 0.860. The zero-order chi connectivity index (χ0) is 13.0. The average Bonchev–Trinajstić information content (AvgIpc) is 2.37. The zero-order valence-corrected chi connectivity index (χ0v) is 10.6. The summed E-state index contributed by atoms with van der Waals surface area (Å²) in [4.78, 5) is 8.37. The van der Waals surface area contributed by atoms with Crippen molar-refractivity contribution in [2.45, 2.75) is 13.5 Å². The summed E-state index contributed by atoms with van der Waals surface area (Å²) in [6.45, 7) is 2.54. The molecule has 4 nitrogen and oxygen atoms in total. The maximum atomic E-state index is 8.84. The Labute approximate surface area is 110 Å². The van der Waals surface area contributed by atoms with Crippen molar-refractivity contribution in [3.63, 3.8) is 0 Å². The van der Waals surface area contributed by atoms with E-state index in [9.17, 15) is 0 Å². The molecule has 0 saturated heterocycles. The number of nitrogens with one attached hydrogen (secondary N) is 1. The summed E-state index contributed by atoms with van der Waals surface area (Å²) in [5, 5.41) is 12.2. The van der Waals surface area contributed by atoms with Crippen LogP contribution in [0, 0.1) is 18.3 Å². The fourth-order valence-electron chi connectivity index (χ4n) is 1.53. The third kappa shape index (κ3) is 2.96. The molecular formula is C13H11ClN4. The normalized spacial score (nSPS) is 9.83. The minimum atomic E-state index is 0.300. The van der Waals surface area contributed by atoms with Crippen LogP contribution >= 0.6 is 11.6 Å². The minimum Gasteiger partial charge on any atom is -0.364 e. The molecule has 0 amide bonds. The summed E-state index contributed by atoms with van der Waals surface area (Å²) in [6.07, 6.45) is 1.75. The van der Waals surface area contributed by atoms with E-state index in [4.69, 9.17) is 16.9 Å². The van der Waals surface area contributed by atoms with Crippen molar-refractivity contribution in [2.24, 2.45) is 0 Å². The van der Waals surface area contributed by atoms with Crippen molar-refractivity contribution >= 4 is 17.4 Å². The zero-order valence-electron chi connectivity index (χ0n) is 9.81. The van der Waals surface area contributed by atoms with Crippen LogP contribution in [0.25, 0.3) is 0 Å². The topological polar surface area (TPSA) is 61.6 Å². The molecule has 1 N–H and O–H groups in total. The van der Waals surface area contributed by atoms with Crippen molar-refractivity contribution < 1.29 is 0 Å². The Morgan fingerprint density at radius 2 is 2.28 bits per heavy atom. The molecule has 0 aliphatic carbocycles. The predicted octanol–water partition coefficient (Wildman–Crippen LogP) is 2.92. The van der Waals surface area contributed by atoms with Crippen LogP contribution in [-0.2, 0) is 6.54 Å². The van der Waals surface area contributed by atoms with Crippen molar-refractivity contribution in [3.8, 4) is 6.07 Å².